The standard InChI is InChI=1S/C48H28N2.C45H29N3.C45H26N2/c1-2-12-32-29(11-1)21-25-37-46(32)38-27-30(23-26-44(38)50-45-20-10-9-19-43(45)49-47(37)50)31-22-24-36-35-15-5-8-18-41(35)48(42(36)28-31)39-16-6-3-13-33(39)34-14-4-7-17-40(34)48;1-2-14-34(15-3-1)47(41-20-10-13-31-11-4-6-16-36(31)41)35-25-21-30(22-26-35)33-24-28-42-39(29-33)44-37-17-7-5-12-32(37)23-27-38(44)45-46-40-18-8-9-19-43(40)48(42)45;1-2-12-32-27(9-1)19-21-38-43(32)39-26-29(20-24-41(39)47-42-18-6-5-17-40(42)46-45(38)47)28-10-7-11-30(25-28)31-22-23-37-34-14-4-3-13-33(34)36-16-8-15-35(31)44(36)37/h1-28H;1-29H;1-26H. The van der Waals surface area contributed by atoms with E-state index in [1.165, 1.54) is 225 Å². The highest BCUT2D eigenvalue weighted by molar-refractivity contribution is 6.28. The Kier molecular flexibility index (Phi) is 17.5. The second kappa shape index (κ2) is 31.4. The van der Waals surface area contributed by atoms with Crippen molar-refractivity contribution in [3.63, 3.8) is 0 Å². The maximum atomic E-state index is 5.18. The molecule has 0 amide bonds. The molecule has 6 aromatic heterocycles. The molecule has 24 aromatic carbocycles. The van der Waals surface area contributed by atoms with Gasteiger partial charge in [-0.1, -0.05) is 370 Å². The molecule has 0 aliphatic heterocycles. The molecule has 0 fully saturated rings. The van der Waals surface area contributed by atoms with Crippen LogP contribution in [0, 0.1) is 0 Å². The first-order valence-corrected chi connectivity index (χ1v) is 50.0. The van der Waals surface area contributed by atoms with E-state index in [0.717, 1.165) is 72.6 Å². The van der Waals surface area contributed by atoms with E-state index in [1.54, 1.807) is 0 Å². The molecule has 0 saturated carbocycles. The van der Waals surface area contributed by atoms with Gasteiger partial charge in [-0.15, -0.1) is 0 Å². The normalized spacial score (nSPS) is 12.6. The largest absolute Gasteiger partial charge is 0.310 e. The van der Waals surface area contributed by atoms with Crippen LogP contribution in [0.4, 0.5) is 17.1 Å². The Balaban J connectivity index is 0.0000000991. The number of rotatable bonds is 7. The number of fused-ring (bicyclic) bond motifs is 44. The van der Waals surface area contributed by atoms with E-state index in [-0.39, 0.29) is 5.41 Å². The van der Waals surface area contributed by atoms with Gasteiger partial charge in [0.15, 0.2) is 0 Å². The lowest BCUT2D eigenvalue weighted by atomic mass is 9.70. The van der Waals surface area contributed by atoms with Crippen molar-refractivity contribution in [2.24, 2.45) is 0 Å². The smallest absolute Gasteiger partial charge is 0.146 e. The first-order valence-electron chi connectivity index (χ1n) is 50.0. The molecule has 6 heterocycles. The highest BCUT2D eigenvalue weighted by Gasteiger charge is 2.52. The number of aromatic nitrogens is 6. The molecule has 0 bridgehead atoms. The fraction of sp³-hybridized carbons (Fsp3) is 0.00725. The van der Waals surface area contributed by atoms with Crippen molar-refractivity contribution in [2.75, 3.05) is 4.90 Å². The maximum absolute atomic E-state index is 5.18. The van der Waals surface area contributed by atoms with Gasteiger partial charge in [0.25, 0.3) is 0 Å². The number of nitrogens with zero attached hydrogens (tertiary/aromatic N) is 7. The first kappa shape index (κ1) is 80.7. The summed E-state index contributed by atoms with van der Waals surface area (Å²) in [5.74, 6) is 0. The number of pyridine rings is 3. The number of hydrogen-bond donors (Lipinski definition) is 0. The van der Waals surface area contributed by atoms with Crippen LogP contribution in [0.3, 0.4) is 0 Å². The molecule has 0 radical (unpaired) electrons. The van der Waals surface area contributed by atoms with Crippen LogP contribution in [0.5, 0.6) is 0 Å². The van der Waals surface area contributed by atoms with E-state index < -0.39 is 0 Å². The minimum Gasteiger partial charge on any atom is -0.310 e. The molecule has 0 saturated heterocycles. The Bertz CT molecular complexity index is 10700. The van der Waals surface area contributed by atoms with E-state index >= 15 is 0 Å². The second-order valence-electron chi connectivity index (χ2n) is 39.0. The van der Waals surface area contributed by atoms with Crippen molar-refractivity contribution in [1.82, 2.24) is 28.2 Å². The predicted molar refractivity (Wildman–Crippen MR) is 608 cm³/mol. The molecule has 7 nitrogen and oxygen atoms in total. The number of para-hydroxylation sites is 7. The summed E-state index contributed by atoms with van der Waals surface area (Å²) >= 11 is 0. The average Bonchev–Trinajstić information content (AvgIpc) is 1.50. The predicted octanol–water partition coefficient (Wildman–Crippen LogP) is 36.3. The fourth-order valence-electron chi connectivity index (χ4n) is 25.3. The third kappa shape index (κ3) is 11.9. The molecule has 0 unspecified atom stereocenters. The van der Waals surface area contributed by atoms with Gasteiger partial charge < -0.3 is 4.90 Å². The molecule has 30 aromatic rings. The average molecular weight is 1840 g/mol. The van der Waals surface area contributed by atoms with Crippen molar-refractivity contribution in [1.29, 1.82) is 0 Å². The highest BCUT2D eigenvalue weighted by Crippen LogP contribution is 2.64. The molecule has 670 valence electrons. The third-order valence-electron chi connectivity index (χ3n) is 31.6. The van der Waals surface area contributed by atoms with Gasteiger partial charge in [0, 0.05) is 65.2 Å². The zero-order valence-corrected chi connectivity index (χ0v) is 78.6. The molecule has 7 heteroatoms. The van der Waals surface area contributed by atoms with Crippen LogP contribution in [0.25, 0.3) is 258 Å². The molecule has 3 aliphatic rings. The minimum absolute atomic E-state index is 0.364. The van der Waals surface area contributed by atoms with Gasteiger partial charge >= 0.3 is 0 Å². The van der Waals surface area contributed by atoms with Crippen molar-refractivity contribution in [3.8, 4) is 89.0 Å². The summed E-state index contributed by atoms with van der Waals surface area (Å²) in [5, 5.41) is 23.5. The van der Waals surface area contributed by atoms with Crippen LogP contribution >= 0.6 is 0 Å². The quantitative estimate of drug-likeness (QED) is 0.149. The molecular formula is C138H83N7. The Labute approximate surface area is 833 Å². The first-order chi connectivity index (χ1) is 71.9. The van der Waals surface area contributed by atoms with Crippen LogP contribution < -0.4 is 4.90 Å². The van der Waals surface area contributed by atoms with E-state index in [9.17, 15) is 0 Å². The summed E-state index contributed by atoms with van der Waals surface area (Å²) in [4.78, 5) is 17.8. The van der Waals surface area contributed by atoms with E-state index in [4.69, 9.17) is 15.0 Å². The molecule has 33 rings (SSSR count). The summed E-state index contributed by atoms with van der Waals surface area (Å²) in [6.07, 6.45) is 0. The van der Waals surface area contributed by atoms with Crippen molar-refractivity contribution in [3.05, 3.63) is 526 Å². The summed E-state index contributed by atoms with van der Waals surface area (Å²) in [7, 11) is 0. The van der Waals surface area contributed by atoms with Gasteiger partial charge in [0.1, 0.15) is 16.9 Å². The lowest BCUT2D eigenvalue weighted by molar-refractivity contribution is 0.794. The van der Waals surface area contributed by atoms with Crippen molar-refractivity contribution < 1.29 is 0 Å². The lowest BCUT2D eigenvalue weighted by Crippen LogP contribution is -2.25. The summed E-state index contributed by atoms with van der Waals surface area (Å²) in [5.41, 5.74) is 41.8. The summed E-state index contributed by atoms with van der Waals surface area (Å²) in [6, 6.07) is 184. The van der Waals surface area contributed by atoms with Gasteiger partial charge in [-0.25, -0.2) is 15.0 Å². The summed E-state index contributed by atoms with van der Waals surface area (Å²) < 4.78 is 7.02. The topological polar surface area (TPSA) is 55.1 Å². The Hall–Kier alpha value is -19.2. The van der Waals surface area contributed by atoms with Crippen LogP contribution in [0.15, 0.2) is 504 Å². The van der Waals surface area contributed by atoms with Gasteiger partial charge in [0.05, 0.1) is 60.8 Å². The van der Waals surface area contributed by atoms with E-state index in [0.29, 0.717) is 0 Å². The van der Waals surface area contributed by atoms with Crippen molar-refractivity contribution >= 4 is 186 Å². The molecule has 1 spiro atoms. The Morgan fingerprint density at radius 1 is 0.166 bits per heavy atom. The number of benzene rings is 24. The minimum atomic E-state index is -0.364. The SMILES string of the molecule is c1cc(-c2ccc3c(c2)c2c4ccccc4ccc2c2nc4ccccc4n32)cc(-c2ccc3c4c(cccc24)-c2ccccc2-3)c1.c1ccc(N(c2ccc(-c3ccc4c(c3)c3c5ccccc5ccc3c3nc5ccccc5n43)cc2)c2cccc3ccccc23)cc1.c1ccc2c(c1)-c1ccccc1C21c2ccccc2-c2ccc(-c3ccc4c(c3)c3c5ccccc5ccc3c3nc5ccccc5n43)cc21. The maximum Gasteiger partial charge on any atom is 0.146 e. The van der Waals surface area contributed by atoms with Crippen LogP contribution in [0.2, 0.25) is 0 Å². The molecule has 145 heavy (non-hydrogen) atoms. The summed E-state index contributed by atoms with van der Waals surface area (Å²) in [6.45, 7) is 0. The van der Waals surface area contributed by atoms with Gasteiger partial charge in [0.2, 0.25) is 0 Å². The van der Waals surface area contributed by atoms with Crippen LogP contribution in [-0.4, -0.2) is 28.2 Å². The van der Waals surface area contributed by atoms with E-state index in [1.807, 2.05) is 0 Å². The van der Waals surface area contributed by atoms with Gasteiger partial charge in [-0.05, 0) is 293 Å². The molecule has 0 atom stereocenters. The monoisotopic (exact) mass is 1840 g/mol. The highest BCUT2D eigenvalue weighted by atomic mass is 15.1. The fourth-order valence-corrected chi connectivity index (χ4v) is 25.3. The van der Waals surface area contributed by atoms with Crippen LogP contribution in [-0.2, 0) is 5.41 Å². The molecular weight excluding hydrogens is 1760 g/mol. The van der Waals surface area contributed by atoms with Gasteiger partial charge in [-0.3, -0.25) is 13.2 Å². The molecule has 3 aliphatic carbocycles. The zero-order valence-electron chi connectivity index (χ0n) is 78.6. The van der Waals surface area contributed by atoms with Gasteiger partial charge in [-0.2, -0.15) is 0 Å². The number of imidazole rings is 3. The number of anilines is 3. The Morgan fingerprint density at radius 3 is 1.00 bits per heavy atom. The van der Waals surface area contributed by atoms with E-state index in [2.05, 4.69) is 522 Å². The number of hydrogen-bond acceptors (Lipinski definition) is 4. The van der Waals surface area contributed by atoms with Crippen LogP contribution in [0.1, 0.15) is 22.3 Å². The molecule has 0 N–H and O–H groups in total. The zero-order chi connectivity index (χ0) is 94.8. The lowest BCUT2D eigenvalue weighted by Gasteiger charge is -2.30. The third-order valence-corrected chi connectivity index (χ3v) is 31.6. The van der Waals surface area contributed by atoms with Crippen molar-refractivity contribution in [2.45, 2.75) is 5.41 Å². The second-order valence-corrected chi connectivity index (χ2v) is 39.0. The Morgan fingerprint density at radius 2 is 0.497 bits per heavy atom.